The van der Waals surface area contributed by atoms with Crippen LogP contribution in [0.15, 0.2) is 18.2 Å². The fourth-order valence-electron chi connectivity index (χ4n) is 1.28. The van der Waals surface area contributed by atoms with Crippen LogP contribution < -0.4 is 14.8 Å². The van der Waals surface area contributed by atoms with Gasteiger partial charge in [-0.25, -0.2) is 0 Å². The second-order valence-corrected chi connectivity index (χ2v) is 3.01. The number of ether oxygens (including phenoxy) is 2. The van der Waals surface area contributed by atoms with Gasteiger partial charge in [0.15, 0.2) is 6.19 Å². The molecule has 0 fully saturated rings. The van der Waals surface area contributed by atoms with Crippen LogP contribution in [-0.2, 0) is 11.2 Å². The lowest BCUT2D eigenvalue weighted by Crippen LogP contribution is -2.19. The number of benzene rings is 1. The van der Waals surface area contributed by atoms with Gasteiger partial charge in [0.05, 0.1) is 20.6 Å². The Bertz CT molecular complexity index is 424. The van der Waals surface area contributed by atoms with Crippen LogP contribution in [-0.4, -0.2) is 20.1 Å². The van der Waals surface area contributed by atoms with Crippen molar-refractivity contribution in [3.8, 4) is 17.7 Å². The van der Waals surface area contributed by atoms with E-state index in [-0.39, 0.29) is 12.3 Å². The van der Waals surface area contributed by atoms with Gasteiger partial charge in [-0.3, -0.25) is 10.1 Å². The molecule has 1 amide bonds. The van der Waals surface area contributed by atoms with Crippen LogP contribution in [0, 0.1) is 11.5 Å². The first kappa shape index (κ1) is 11.9. The van der Waals surface area contributed by atoms with Gasteiger partial charge in [0.1, 0.15) is 11.5 Å². The highest BCUT2D eigenvalue weighted by atomic mass is 16.5. The van der Waals surface area contributed by atoms with Crippen LogP contribution >= 0.6 is 0 Å². The minimum absolute atomic E-state index is 0.0979. The summed E-state index contributed by atoms with van der Waals surface area (Å²) < 4.78 is 10.2. The Kier molecular flexibility index (Phi) is 4.16. The van der Waals surface area contributed by atoms with Crippen molar-refractivity contribution in [3.05, 3.63) is 23.8 Å². The zero-order valence-corrected chi connectivity index (χ0v) is 9.11. The van der Waals surface area contributed by atoms with Gasteiger partial charge in [-0.05, 0) is 6.07 Å². The highest BCUT2D eigenvalue weighted by Gasteiger charge is 2.09. The van der Waals surface area contributed by atoms with Crippen LogP contribution in [0.2, 0.25) is 0 Å². The van der Waals surface area contributed by atoms with Crippen molar-refractivity contribution < 1.29 is 14.3 Å². The first-order valence-electron chi connectivity index (χ1n) is 4.60. The zero-order valence-electron chi connectivity index (χ0n) is 9.11. The fraction of sp³-hybridized carbons (Fsp3) is 0.273. The molecule has 0 unspecified atom stereocenters. The van der Waals surface area contributed by atoms with E-state index in [1.165, 1.54) is 7.11 Å². The smallest absolute Gasteiger partial charge is 0.237 e. The first-order chi connectivity index (χ1) is 7.71. The summed E-state index contributed by atoms with van der Waals surface area (Å²) in [6.45, 7) is 0. The van der Waals surface area contributed by atoms with E-state index < -0.39 is 0 Å². The molecule has 0 radical (unpaired) electrons. The monoisotopic (exact) mass is 220 g/mol. The molecule has 1 rings (SSSR count). The van der Waals surface area contributed by atoms with E-state index in [1.54, 1.807) is 31.5 Å². The van der Waals surface area contributed by atoms with Gasteiger partial charge in [-0.1, -0.05) is 6.07 Å². The molecule has 0 saturated carbocycles. The number of methoxy groups -OCH3 is 2. The summed E-state index contributed by atoms with van der Waals surface area (Å²) in [7, 11) is 3.07. The normalized spacial score (nSPS) is 9.06. The number of nitrogens with zero attached hydrogens (tertiary/aromatic N) is 1. The summed E-state index contributed by atoms with van der Waals surface area (Å²) in [5.74, 6) is 0.847. The maximum absolute atomic E-state index is 11.2. The molecule has 0 aromatic heterocycles. The summed E-state index contributed by atoms with van der Waals surface area (Å²) in [6.07, 6.45) is 1.68. The molecular weight excluding hydrogens is 208 g/mol. The average molecular weight is 220 g/mol. The van der Waals surface area contributed by atoms with Gasteiger partial charge < -0.3 is 9.47 Å². The Morgan fingerprint density at radius 1 is 1.44 bits per heavy atom. The number of nitriles is 1. The largest absolute Gasteiger partial charge is 0.497 e. The van der Waals surface area contributed by atoms with Gasteiger partial charge in [0, 0.05) is 11.6 Å². The lowest BCUT2D eigenvalue weighted by atomic mass is 10.1. The van der Waals surface area contributed by atoms with Crippen molar-refractivity contribution >= 4 is 5.91 Å². The molecule has 5 nitrogen and oxygen atoms in total. The highest BCUT2D eigenvalue weighted by Crippen LogP contribution is 2.24. The van der Waals surface area contributed by atoms with Gasteiger partial charge in [0.2, 0.25) is 5.91 Å². The van der Waals surface area contributed by atoms with Crippen molar-refractivity contribution in [1.82, 2.24) is 5.32 Å². The number of carbonyl (C=O) groups excluding carboxylic acids is 1. The molecule has 0 spiro atoms. The average Bonchev–Trinajstić information content (AvgIpc) is 2.30. The first-order valence-corrected chi connectivity index (χ1v) is 4.60. The number of nitrogens with one attached hydrogen (secondary N) is 1. The molecule has 0 heterocycles. The summed E-state index contributed by atoms with van der Waals surface area (Å²) in [5, 5.41) is 10.3. The molecule has 1 aromatic carbocycles. The van der Waals surface area contributed by atoms with Crippen LogP contribution in [0.1, 0.15) is 5.56 Å². The Balaban J connectivity index is 2.88. The number of hydrogen-bond donors (Lipinski definition) is 1. The second kappa shape index (κ2) is 5.61. The molecule has 0 bridgehead atoms. The zero-order chi connectivity index (χ0) is 12.0. The van der Waals surface area contributed by atoms with E-state index in [2.05, 4.69) is 5.32 Å². The van der Waals surface area contributed by atoms with Gasteiger partial charge in [0.25, 0.3) is 0 Å². The molecule has 1 N–H and O–H groups in total. The fourth-order valence-corrected chi connectivity index (χ4v) is 1.28. The highest BCUT2D eigenvalue weighted by molar-refractivity contribution is 5.80. The van der Waals surface area contributed by atoms with Crippen LogP contribution in [0.25, 0.3) is 0 Å². The molecule has 0 aliphatic heterocycles. The number of rotatable bonds is 4. The minimum Gasteiger partial charge on any atom is -0.497 e. The van der Waals surface area contributed by atoms with Gasteiger partial charge in [-0.15, -0.1) is 0 Å². The number of amides is 1. The summed E-state index contributed by atoms with van der Waals surface area (Å²) in [4.78, 5) is 11.2. The van der Waals surface area contributed by atoms with Gasteiger partial charge in [-0.2, -0.15) is 5.26 Å². The van der Waals surface area contributed by atoms with Crippen LogP contribution in [0.4, 0.5) is 0 Å². The summed E-state index contributed by atoms with van der Waals surface area (Å²) >= 11 is 0. The van der Waals surface area contributed by atoms with E-state index in [1.807, 2.05) is 0 Å². The van der Waals surface area contributed by atoms with Crippen LogP contribution in [0.5, 0.6) is 11.5 Å². The molecule has 84 valence electrons. The number of carbonyl (C=O) groups is 1. The van der Waals surface area contributed by atoms with Crippen molar-refractivity contribution in [1.29, 1.82) is 5.26 Å². The predicted molar refractivity (Wildman–Crippen MR) is 57.0 cm³/mol. The third kappa shape index (κ3) is 2.89. The van der Waals surface area contributed by atoms with Crippen molar-refractivity contribution in [2.24, 2.45) is 0 Å². The summed E-state index contributed by atoms with van der Waals surface area (Å²) in [5.41, 5.74) is 0.705. The van der Waals surface area contributed by atoms with E-state index in [0.717, 1.165) is 0 Å². The molecule has 16 heavy (non-hydrogen) atoms. The predicted octanol–water partition coefficient (Wildman–Crippen LogP) is 0.844. The van der Waals surface area contributed by atoms with E-state index in [4.69, 9.17) is 14.7 Å². The van der Waals surface area contributed by atoms with Gasteiger partial charge >= 0.3 is 0 Å². The third-order valence-electron chi connectivity index (χ3n) is 2.04. The number of hydrogen-bond acceptors (Lipinski definition) is 4. The van der Waals surface area contributed by atoms with Crippen LogP contribution in [0.3, 0.4) is 0 Å². The summed E-state index contributed by atoms with van der Waals surface area (Å²) in [6, 6.07) is 5.15. The lowest BCUT2D eigenvalue weighted by Gasteiger charge is -2.09. The molecule has 0 saturated heterocycles. The van der Waals surface area contributed by atoms with Crippen molar-refractivity contribution in [2.45, 2.75) is 6.42 Å². The molecule has 0 atom stereocenters. The van der Waals surface area contributed by atoms with Crippen molar-refractivity contribution in [3.63, 3.8) is 0 Å². The van der Waals surface area contributed by atoms with E-state index in [0.29, 0.717) is 17.1 Å². The SMILES string of the molecule is COc1ccc(CC(=O)NC#N)c(OC)c1. The Morgan fingerprint density at radius 2 is 2.19 bits per heavy atom. The topological polar surface area (TPSA) is 71.3 Å². The molecule has 0 aliphatic carbocycles. The molecule has 1 aromatic rings. The minimum atomic E-state index is -0.369. The van der Waals surface area contributed by atoms with Crippen molar-refractivity contribution in [2.75, 3.05) is 14.2 Å². The lowest BCUT2D eigenvalue weighted by molar-refractivity contribution is -0.119. The third-order valence-corrected chi connectivity index (χ3v) is 2.04. The van der Waals surface area contributed by atoms with E-state index >= 15 is 0 Å². The maximum atomic E-state index is 11.2. The second-order valence-electron chi connectivity index (χ2n) is 3.01. The molecule has 5 heteroatoms. The Morgan fingerprint density at radius 3 is 2.75 bits per heavy atom. The molecular formula is C11H12N2O3. The Hall–Kier alpha value is -2.22. The standard InChI is InChI=1S/C11H12N2O3/c1-15-9-4-3-8(10(6-9)16-2)5-11(14)13-7-12/h3-4,6H,5H2,1-2H3,(H,13,14). The quantitative estimate of drug-likeness (QED) is 0.603. The molecule has 0 aliphatic rings. The van der Waals surface area contributed by atoms with E-state index in [9.17, 15) is 4.79 Å². The Labute approximate surface area is 93.6 Å². The maximum Gasteiger partial charge on any atom is 0.237 e.